The molecule has 0 aliphatic carbocycles. The zero-order valence-corrected chi connectivity index (χ0v) is 13.2. The predicted octanol–water partition coefficient (Wildman–Crippen LogP) is 2.04. The molecule has 0 unspecified atom stereocenters. The van der Waals surface area contributed by atoms with Crippen LogP contribution in [0.1, 0.15) is 12.0 Å². The summed E-state index contributed by atoms with van der Waals surface area (Å²) in [4.78, 5) is 15.3. The molecule has 2 amide bonds. The van der Waals surface area contributed by atoms with Gasteiger partial charge in [0.1, 0.15) is 5.75 Å². The van der Waals surface area contributed by atoms with Crippen molar-refractivity contribution in [2.75, 3.05) is 33.3 Å². The number of nitrogens with two attached hydrogens (primary N) is 1. The maximum atomic E-state index is 11.2. The second kappa shape index (κ2) is 6.95. The van der Waals surface area contributed by atoms with Crippen LogP contribution < -0.4 is 10.5 Å². The van der Waals surface area contributed by atoms with Crippen molar-refractivity contribution < 1.29 is 9.53 Å². The molecular formula is C14H20BrN3O2. The first kappa shape index (κ1) is 15.1. The number of rotatable bonds is 3. The number of primary amides is 1. The van der Waals surface area contributed by atoms with E-state index in [2.05, 4.69) is 33.0 Å². The first-order valence-electron chi connectivity index (χ1n) is 6.69. The molecule has 1 aliphatic heterocycles. The number of hydrogen-bond donors (Lipinski definition) is 1. The van der Waals surface area contributed by atoms with Gasteiger partial charge in [-0.1, -0.05) is 6.07 Å². The van der Waals surface area contributed by atoms with E-state index in [-0.39, 0.29) is 6.03 Å². The highest BCUT2D eigenvalue weighted by Gasteiger charge is 2.17. The fraction of sp³-hybridized carbons (Fsp3) is 0.500. The standard InChI is InChI=1S/C14H20BrN3O2/c1-20-13-4-3-11(9-12(13)15)10-17-5-2-6-18(8-7-17)14(16)19/h3-4,9H,2,5-8,10H2,1H3,(H2,16,19). The topological polar surface area (TPSA) is 58.8 Å². The smallest absolute Gasteiger partial charge is 0.314 e. The SMILES string of the molecule is COc1ccc(CN2CCCN(C(N)=O)CC2)cc1Br. The molecule has 2 rings (SSSR count). The number of amides is 2. The van der Waals surface area contributed by atoms with Crippen molar-refractivity contribution in [3.63, 3.8) is 0 Å². The molecule has 0 bridgehead atoms. The third-order valence-electron chi connectivity index (χ3n) is 3.52. The van der Waals surface area contributed by atoms with Crippen molar-refractivity contribution in [3.05, 3.63) is 28.2 Å². The summed E-state index contributed by atoms with van der Waals surface area (Å²) >= 11 is 3.50. The molecule has 0 radical (unpaired) electrons. The molecule has 1 saturated heterocycles. The lowest BCUT2D eigenvalue weighted by molar-refractivity contribution is 0.207. The lowest BCUT2D eigenvalue weighted by Crippen LogP contribution is -2.38. The maximum Gasteiger partial charge on any atom is 0.314 e. The number of hydrogen-bond acceptors (Lipinski definition) is 3. The second-order valence-corrected chi connectivity index (χ2v) is 5.78. The fourth-order valence-electron chi connectivity index (χ4n) is 2.42. The van der Waals surface area contributed by atoms with Gasteiger partial charge >= 0.3 is 6.03 Å². The van der Waals surface area contributed by atoms with Gasteiger partial charge in [-0.15, -0.1) is 0 Å². The van der Waals surface area contributed by atoms with E-state index in [4.69, 9.17) is 10.5 Å². The highest BCUT2D eigenvalue weighted by Crippen LogP contribution is 2.26. The summed E-state index contributed by atoms with van der Waals surface area (Å²) in [6.07, 6.45) is 0.959. The van der Waals surface area contributed by atoms with Crippen LogP contribution in [-0.2, 0) is 6.54 Å². The minimum absolute atomic E-state index is 0.320. The predicted molar refractivity (Wildman–Crippen MR) is 81.7 cm³/mol. The van der Waals surface area contributed by atoms with Crippen LogP contribution in [-0.4, -0.2) is 49.1 Å². The lowest BCUT2D eigenvalue weighted by Gasteiger charge is -2.21. The highest BCUT2D eigenvalue weighted by molar-refractivity contribution is 9.10. The molecule has 110 valence electrons. The second-order valence-electron chi connectivity index (χ2n) is 4.92. The third kappa shape index (κ3) is 3.86. The van der Waals surface area contributed by atoms with Gasteiger partial charge in [0.25, 0.3) is 0 Å². The summed E-state index contributed by atoms with van der Waals surface area (Å²) in [5, 5.41) is 0. The minimum Gasteiger partial charge on any atom is -0.496 e. The highest BCUT2D eigenvalue weighted by atomic mass is 79.9. The molecule has 6 heteroatoms. The number of ether oxygens (including phenoxy) is 1. The Bertz CT molecular complexity index is 481. The summed E-state index contributed by atoms with van der Waals surface area (Å²) in [6.45, 7) is 4.15. The van der Waals surface area contributed by atoms with Gasteiger partial charge < -0.3 is 15.4 Å². The van der Waals surface area contributed by atoms with E-state index in [0.29, 0.717) is 6.54 Å². The van der Waals surface area contributed by atoms with Crippen LogP contribution in [0.5, 0.6) is 5.75 Å². The number of methoxy groups -OCH3 is 1. The fourth-order valence-corrected chi connectivity index (χ4v) is 3.00. The van der Waals surface area contributed by atoms with Gasteiger partial charge in [-0.05, 0) is 40.0 Å². The Morgan fingerprint density at radius 3 is 2.80 bits per heavy atom. The number of carbonyl (C=O) groups is 1. The van der Waals surface area contributed by atoms with Gasteiger partial charge in [0.2, 0.25) is 0 Å². The molecule has 0 atom stereocenters. The Morgan fingerprint density at radius 2 is 2.15 bits per heavy atom. The van der Waals surface area contributed by atoms with Crippen LogP contribution in [0.4, 0.5) is 4.79 Å². The van der Waals surface area contributed by atoms with E-state index in [1.807, 2.05) is 6.07 Å². The van der Waals surface area contributed by atoms with Gasteiger partial charge in [-0.25, -0.2) is 4.79 Å². The van der Waals surface area contributed by atoms with E-state index in [9.17, 15) is 4.79 Å². The summed E-state index contributed by atoms with van der Waals surface area (Å²) in [5.41, 5.74) is 6.56. The quantitative estimate of drug-likeness (QED) is 0.915. The largest absolute Gasteiger partial charge is 0.496 e. The van der Waals surface area contributed by atoms with Gasteiger partial charge in [0, 0.05) is 32.7 Å². The van der Waals surface area contributed by atoms with Crippen molar-refractivity contribution in [1.82, 2.24) is 9.80 Å². The Hall–Kier alpha value is -1.27. The van der Waals surface area contributed by atoms with Gasteiger partial charge in [-0.3, -0.25) is 4.90 Å². The Labute approximate surface area is 127 Å². The van der Waals surface area contributed by atoms with Crippen molar-refractivity contribution in [1.29, 1.82) is 0 Å². The van der Waals surface area contributed by atoms with Crippen LogP contribution in [0, 0.1) is 0 Å². The molecular weight excluding hydrogens is 322 g/mol. The van der Waals surface area contributed by atoms with Gasteiger partial charge in [0.15, 0.2) is 0 Å². The average Bonchev–Trinajstić information content (AvgIpc) is 2.65. The molecule has 1 fully saturated rings. The average molecular weight is 342 g/mol. The van der Waals surface area contributed by atoms with Crippen molar-refractivity contribution in [2.24, 2.45) is 5.73 Å². The van der Waals surface area contributed by atoms with Crippen LogP contribution in [0.25, 0.3) is 0 Å². The normalized spacial score (nSPS) is 16.8. The Morgan fingerprint density at radius 1 is 1.35 bits per heavy atom. The van der Waals surface area contributed by atoms with E-state index < -0.39 is 0 Å². The summed E-state index contributed by atoms with van der Waals surface area (Å²) in [7, 11) is 1.66. The van der Waals surface area contributed by atoms with E-state index in [1.54, 1.807) is 12.0 Å². The zero-order chi connectivity index (χ0) is 14.5. The number of carbonyl (C=O) groups excluding carboxylic acids is 1. The molecule has 0 saturated carbocycles. The number of halogens is 1. The number of benzene rings is 1. The molecule has 1 aliphatic rings. The molecule has 2 N–H and O–H groups in total. The molecule has 1 heterocycles. The van der Waals surface area contributed by atoms with Crippen molar-refractivity contribution in [3.8, 4) is 5.75 Å². The molecule has 20 heavy (non-hydrogen) atoms. The third-order valence-corrected chi connectivity index (χ3v) is 4.14. The molecule has 1 aromatic rings. The van der Waals surface area contributed by atoms with E-state index >= 15 is 0 Å². The number of urea groups is 1. The van der Waals surface area contributed by atoms with E-state index in [0.717, 1.165) is 42.8 Å². The van der Waals surface area contributed by atoms with Crippen LogP contribution in [0.15, 0.2) is 22.7 Å². The maximum absolute atomic E-state index is 11.2. The summed E-state index contributed by atoms with van der Waals surface area (Å²) in [5.74, 6) is 0.838. The molecule has 0 aromatic heterocycles. The molecule has 1 aromatic carbocycles. The molecule has 5 nitrogen and oxygen atoms in total. The number of nitrogens with zero attached hydrogens (tertiary/aromatic N) is 2. The van der Waals surface area contributed by atoms with Crippen molar-refractivity contribution >= 4 is 22.0 Å². The van der Waals surface area contributed by atoms with Gasteiger partial charge in [0.05, 0.1) is 11.6 Å². The first-order chi connectivity index (χ1) is 9.60. The van der Waals surface area contributed by atoms with Crippen LogP contribution >= 0.6 is 15.9 Å². The monoisotopic (exact) mass is 341 g/mol. The van der Waals surface area contributed by atoms with Gasteiger partial charge in [-0.2, -0.15) is 0 Å². The zero-order valence-electron chi connectivity index (χ0n) is 11.6. The summed E-state index contributed by atoms with van der Waals surface area (Å²) < 4.78 is 6.20. The molecule has 0 spiro atoms. The first-order valence-corrected chi connectivity index (χ1v) is 7.48. The Kier molecular flexibility index (Phi) is 5.25. The Balaban J connectivity index is 1.96. The van der Waals surface area contributed by atoms with Crippen LogP contribution in [0.3, 0.4) is 0 Å². The minimum atomic E-state index is -0.320. The van der Waals surface area contributed by atoms with E-state index in [1.165, 1.54) is 5.56 Å². The lowest BCUT2D eigenvalue weighted by atomic mass is 10.2. The van der Waals surface area contributed by atoms with Crippen LogP contribution in [0.2, 0.25) is 0 Å². The summed E-state index contributed by atoms with van der Waals surface area (Å²) in [6, 6.07) is 5.79. The van der Waals surface area contributed by atoms with Crippen molar-refractivity contribution in [2.45, 2.75) is 13.0 Å².